The van der Waals surface area contributed by atoms with Crippen LogP contribution in [0.2, 0.25) is 0 Å². The fourth-order valence-corrected chi connectivity index (χ4v) is 4.67. The minimum absolute atomic E-state index is 0.0686. The zero-order chi connectivity index (χ0) is 30.4. The maximum absolute atomic E-state index is 12.6. The molecule has 0 aliphatic heterocycles. The Bertz CT molecular complexity index is 784. The molecule has 0 bridgehead atoms. The molecular formula is C32H59N2O6P. The van der Waals surface area contributed by atoms with Gasteiger partial charge in [-0.05, 0) is 57.8 Å². The normalized spacial score (nSPS) is 15.3. The Balaban J connectivity index is 4.55. The number of nitrogens with two attached hydrogens (primary N) is 1. The molecule has 5 N–H and O–H groups in total. The average molecular weight is 599 g/mol. The molecule has 3 atom stereocenters. The summed E-state index contributed by atoms with van der Waals surface area (Å²) in [5.41, 5.74) is 5.32. The molecular weight excluding hydrogens is 539 g/mol. The van der Waals surface area contributed by atoms with Crippen molar-refractivity contribution in [1.82, 2.24) is 5.32 Å². The van der Waals surface area contributed by atoms with Crippen molar-refractivity contribution in [3.8, 4) is 0 Å². The van der Waals surface area contributed by atoms with E-state index in [0.717, 1.165) is 77.0 Å². The van der Waals surface area contributed by atoms with Gasteiger partial charge in [-0.3, -0.25) is 13.8 Å². The summed E-state index contributed by atoms with van der Waals surface area (Å²) in [5, 5.41) is 13.5. The average Bonchev–Trinajstić information content (AvgIpc) is 2.95. The molecule has 0 aliphatic carbocycles. The molecule has 3 unspecified atom stereocenters. The van der Waals surface area contributed by atoms with Crippen molar-refractivity contribution in [1.29, 1.82) is 0 Å². The molecule has 41 heavy (non-hydrogen) atoms. The van der Waals surface area contributed by atoms with Crippen molar-refractivity contribution < 1.29 is 28.4 Å². The first-order valence-corrected chi connectivity index (χ1v) is 17.3. The molecule has 0 fully saturated rings. The molecule has 238 valence electrons. The molecule has 9 heteroatoms. The van der Waals surface area contributed by atoms with E-state index in [-0.39, 0.29) is 25.7 Å². The van der Waals surface area contributed by atoms with Crippen LogP contribution in [0.15, 0.2) is 48.6 Å². The van der Waals surface area contributed by atoms with Gasteiger partial charge in [-0.2, -0.15) is 0 Å². The zero-order valence-corrected chi connectivity index (χ0v) is 26.7. The number of carbonyl (C=O) groups is 1. The second-order valence-corrected chi connectivity index (χ2v) is 11.7. The highest BCUT2D eigenvalue weighted by Crippen LogP contribution is 2.43. The van der Waals surface area contributed by atoms with Gasteiger partial charge in [0.25, 0.3) is 0 Å². The van der Waals surface area contributed by atoms with E-state index in [1.807, 2.05) is 6.08 Å². The Morgan fingerprint density at radius 3 is 1.98 bits per heavy atom. The topological polar surface area (TPSA) is 131 Å². The highest BCUT2D eigenvalue weighted by atomic mass is 31.2. The van der Waals surface area contributed by atoms with E-state index >= 15 is 0 Å². The summed E-state index contributed by atoms with van der Waals surface area (Å²) in [4.78, 5) is 22.4. The monoisotopic (exact) mass is 598 g/mol. The van der Waals surface area contributed by atoms with Crippen LogP contribution in [0.5, 0.6) is 0 Å². The van der Waals surface area contributed by atoms with E-state index in [1.54, 1.807) is 6.08 Å². The van der Waals surface area contributed by atoms with Gasteiger partial charge in [0.1, 0.15) is 0 Å². The van der Waals surface area contributed by atoms with E-state index in [2.05, 4.69) is 55.6 Å². The summed E-state index contributed by atoms with van der Waals surface area (Å²) in [5.74, 6) is -0.225. The molecule has 0 spiro atoms. The number of aliphatic hydroxyl groups is 1. The lowest BCUT2D eigenvalue weighted by molar-refractivity contribution is -0.123. The minimum atomic E-state index is -4.34. The molecule has 1 amide bonds. The molecule has 0 aliphatic rings. The summed E-state index contributed by atoms with van der Waals surface area (Å²) in [6, 6.07) is -0.884. The first-order valence-electron chi connectivity index (χ1n) is 15.8. The van der Waals surface area contributed by atoms with Crippen LogP contribution in [0.1, 0.15) is 117 Å². The van der Waals surface area contributed by atoms with E-state index in [9.17, 15) is 19.4 Å². The summed E-state index contributed by atoms with van der Waals surface area (Å²) in [6.45, 7) is 3.93. The smallest absolute Gasteiger partial charge is 0.387 e. The molecule has 0 radical (unpaired) electrons. The third kappa shape index (κ3) is 27.1. The molecule has 0 saturated heterocycles. The van der Waals surface area contributed by atoms with Crippen molar-refractivity contribution >= 4 is 13.7 Å². The van der Waals surface area contributed by atoms with Gasteiger partial charge in [-0.15, -0.1) is 0 Å². The fraction of sp³-hybridized carbons (Fsp3) is 0.719. The number of allylic oxidation sites excluding steroid dienone is 7. The summed E-state index contributed by atoms with van der Waals surface area (Å²) >= 11 is 0. The van der Waals surface area contributed by atoms with Crippen LogP contribution in [-0.4, -0.2) is 47.8 Å². The van der Waals surface area contributed by atoms with Crippen LogP contribution >= 0.6 is 7.82 Å². The third-order valence-electron chi connectivity index (χ3n) is 6.34. The van der Waals surface area contributed by atoms with Crippen molar-refractivity contribution in [2.24, 2.45) is 5.73 Å². The molecule has 0 heterocycles. The second-order valence-electron chi connectivity index (χ2n) is 10.3. The zero-order valence-electron chi connectivity index (χ0n) is 25.8. The van der Waals surface area contributed by atoms with Gasteiger partial charge < -0.3 is 21.1 Å². The number of phosphoric ester groups is 1. The molecule has 0 aromatic carbocycles. The Morgan fingerprint density at radius 2 is 1.34 bits per heavy atom. The summed E-state index contributed by atoms with van der Waals surface area (Å²) in [7, 11) is -4.34. The first-order chi connectivity index (χ1) is 19.9. The number of hydrogen-bond donors (Lipinski definition) is 4. The van der Waals surface area contributed by atoms with Crippen molar-refractivity contribution in [2.45, 2.75) is 129 Å². The van der Waals surface area contributed by atoms with E-state index in [1.165, 1.54) is 19.3 Å². The van der Waals surface area contributed by atoms with Gasteiger partial charge in [-0.1, -0.05) is 101 Å². The van der Waals surface area contributed by atoms with Crippen LogP contribution in [0.4, 0.5) is 0 Å². The van der Waals surface area contributed by atoms with Crippen molar-refractivity contribution in [3.63, 3.8) is 0 Å². The van der Waals surface area contributed by atoms with Gasteiger partial charge in [0.2, 0.25) is 5.91 Å². The van der Waals surface area contributed by atoms with Gasteiger partial charge in [0.15, 0.2) is 0 Å². The molecule has 8 nitrogen and oxygen atoms in total. The predicted octanol–water partition coefficient (Wildman–Crippen LogP) is 7.43. The van der Waals surface area contributed by atoms with Crippen LogP contribution in [-0.2, 0) is 18.4 Å². The third-order valence-corrected chi connectivity index (χ3v) is 7.32. The number of rotatable bonds is 28. The van der Waals surface area contributed by atoms with Crippen LogP contribution in [0, 0.1) is 0 Å². The van der Waals surface area contributed by atoms with Crippen molar-refractivity contribution in [3.05, 3.63) is 48.6 Å². The number of nitrogens with one attached hydrogen (secondary N) is 1. The van der Waals surface area contributed by atoms with Gasteiger partial charge in [-0.25, -0.2) is 4.57 Å². The SMILES string of the molecule is CCC/C=C/CC/C=C/CC/C=C/C(O)C(COP(=O)(O)OCCN)NC(=O)CCCCCCC/C=C\CCCC. The lowest BCUT2D eigenvalue weighted by atomic mass is 10.1. The Labute approximate surface area is 250 Å². The Morgan fingerprint density at radius 1 is 0.780 bits per heavy atom. The lowest BCUT2D eigenvalue weighted by Crippen LogP contribution is -2.45. The molecule has 0 aromatic rings. The van der Waals surface area contributed by atoms with Crippen LogP contribution in [0.3, 0.4) is 0 Å². The van der Waals surface area contributed by atoms with E-state index in [4.69, 9.17) is 14.8 Å². The number of aliphatic hydroxyl groups excluding tert-OH is 1. The number of amides is 1. The van der Waals surface area contributed by atoms with E-state index < -0.39 is 20.0 Å². The second kappa shape index (κ2) is 28.6. The standard InChI is InChI=1S/C32H59N2O6P/c1-3-5-7-9-11-13-15-17-19-21-23-25-31(35)30(29-40-41(37,38)39-28-27-33)34-32(36)26-24-22-20-18-16-14-12-10-8-6-4-2/h7,9-10,12,15,17,23,25,30-31,35H,3-6,8,11,13-14,16,18-22,24,26-29,33H2,1-2H3,(H,34,36)(H,37,38)/b9-7+,12-10-,17-15+,25-23+. The summed E-state index contributed by atoms with van der Waals surface area (Å²) < 4.78 is 21.9. The number of unbranched alkanes of at least 4 members (excludes halogenated alkanes) is 10. The Hall–Kier alpha value is -1.54. The maximum Gasteiger partial charge on any atom is 0.472 e. The fourth-order valence-electron chi connectivity index (χ4n) is 3.91. The minimum Gasteiger partial charge on any atom is -0.387 e. The molecule has 0 aromatic heterocycles. The number of carbonyl (C=O) groups excluding carboxylic acids is 1. The van der Waals surface area contributed by atoms with E-state index in [0.29, 0.717) is 6.42 Å². The maximum atomic E-state index is 12.6. The summed E-state index contributed by atoms with van der Waals surface area (Å²) in [6.07, 6.45) is 31.6. The molecule has 0 saturated carbocycles. The quantitative estimate of drug-likeness (QED) is 0.0418. The highest BCUT2D eigenvalue weighted by molar-refractivity contribution is 7.47. The molecule has 0 rings (SSSR count). The van der Waals surface area contributed by atoms with Gasteiger partial charge in [0.05, 0.1) is 25.4 Å². The van der Waals surface area contributed by atoms with Gasteiger partial charge >= 0.3 is 7.82 Å². The van der Waals surface area contributed by atoms with Crippen molar-refractivity contribution in [2.75, 3.05) is 19.8 Å². The van der Waals surface area contributed by atoms with Gasteiger partial charge in [0, 0.05) is 13.0 Å². The largest absolute Gasteiger partial charge is 0.472 e. The van der Waals surface area contributed by atoms with Crippen LogP contribution in [0.25, 0.3) is 0 Å². The van der Waals surface area contributed by atoms with Crippen LogP contribution < -0.4 is 11.1 Å². The lowest BCUT2D eigenvalue weighted by Gasteiger charge is -2.23. The highest BCUT2D eigenvalue weighted by Gasteiger charge is 2.26. The predicted molar refractivity (Wildman–Crippen MR) is 171 cm³/mol. The Kier molecular flexibility index (Phi) is 27.5. The number of hydrogen-bond acceptors (Lipinski definition) is 6. The number of phosphoric acid groups is 1. The first kappa shape index (κ1) is 39.5.